The van der Waals surface area contributed by atoms with E-state index < -0.39 is 23.1 Å². The maximum atomic E-state index is 12.4. The Morgan fingerprint density at radius 1 is 0.733 bits per heavy atom. The van der Waals surface area contributed by atoms with Crippen molar-refractivity contribution in [3.8, 4) is 0 Å². The van der Waals surface area contributed by atoms with E-state index in [1.165, 1.54) is 0 Å². The molecule has 0 aliphatic heterocycles. The van der Waals surface area contributed by atoms with Gasteiger partial charge in [-0.1, -0.05) is 48.2 Å². The van der Waals surface area contributed by atoms with Gasteiger partial charge in [0.25, 0.3) is 0 Å². The summed E-state index contributed by atoms with van der Waals surface area (Å²) in [5, 5.41) is 0. The minimum absolute atomic E-state index is 0.405. The highest BCUT2D eigenvalue weighted by Crippen LogP contribution is 2.43. The molecular weight excluding hydrogens is 384 g/mol. The summed E-state index contributed by atoms with van der Waals surface area (Å²) < 4.78 is 0. The van der Waals surface area contributed by atoms with Crippen molar-refractivity contribution in [3.05, 3.63) is 70.8 Å². The van der Waals surface area contributed by atoms with Crippen LogP contribution in [-0.2, 0) is 19.6 Å². The van der Waals surface area contributed by atoms with Gasteiger partial charge in [0.1, 0.15) is 11.2 Å². The first-order valence-electron chi connectivity index (χ1n) is 10.2. The number of benzene rings is 2. The second kappa shape index (κ2) is 8.98. The fourth-order valence-corrected chi connectivity index (χ4v) is 3.61. The molecule has 1 aliphatic carbocycles. The zero-order valence-corrected chi connectivity index (χ0v) is 17.9. The van der Waals surface area contributed by atoms with Crippen LogP contribution in [0.25, 0.3) is 0 Å². The van der Waals surface area contributed by atoms with Crippen LogP contribution < -0.4 is 0 Å². The third kappa shape index (κ3) is 4.89. The topological polar surface area (TPSA) is 71.1 Å². The van der Waals surface area contributed by atoms with E-state index in [1.54, 1.807) is 50.2 Å². The van der Waals surface area contributed by atoms with Crippen molar-refractivity contribution in [2.24, 2.45) is 0 Å². The van der Waals surface area contributed by atoms with Crippen molar-refractivity contribution >= 4 is 11.9 Å². The van der Waals surface area contributed by atoms with Gasteiger partial charge in [-0.2, -0.15) is 9.78 Å². The number of rotatable bonds is 6. The number of aryl methyl sites for hydroxylation is 2. The average Bonchev–Trinajstić information content (AvgIpc) is 2.73. The molecule has 1 saturated carbocycles. The lowest BCUT2D eigenvalue weighted by Gasteiger charge is -2.45. The fourth-order valence-electron chi connectivity index (χ4n) is 3.61. The number of hydrogen-bond donors (Lipinski definition) is 0. The van der Waals surface area contributed by atoms with Gasteiger partial charge < -0.3 is 0 Å². The summed E-state index contributed by atoms with van der Waals surface area (Å²) in [7, 11) is 0. The second-order valence-electron chi connectivity index (χ2n) is 8.32. The predicted molar refractivity (Wildman–Crippen MR) is 111 cm³/mol. The lowest BCUT2D eigenvalue weighted by atomic mass is 9.74. The van der Waals surface area contributed by atoms with Crippen LogP contribution >= 0.6 is 0 Å². The van der Waals surface area contributed by atoms with Crippen molar-refractivity contribution in [2.75, 3.05) is 0 Å². The molecule has 6 nitrogen and oxygen atoms in total. The molecule has 3 rings (SSSR count). The summed E-state index contributed by atoms with van der Waals surface area (Å²) in [5.74, 6) is -1.16. The lowest BCUT2D eigenvalue weighted by molar-refractivity contribution is -0.418. The number of carbonyl (C=O) groups is 2. The Morgan fingerprint density at radius 2 is 1.13 bits per heavy atom. The molecule has 160 valence electrons. The Labute approximate surface area is 176 Å². The van der Waals surface area contributed by atoms with E-state index in [-0.39, 0.29) is 0 Å². The fraction of sp³-hybridized carbons (Fsp3) is 0.417. The van der Waals surface area contributed by atoms with E-state index >= 15 is 0 Å². The molecule has 2 unspecified atom stereocenters. The summed E-state index contributed by atoms with van der Waals surface area (Å²) in [6.45, 7) is 7.40. The van der Waals surface area contributed by atoms with Crippen molar-refractivity contribution < 1.29 is 29.1 Å². The van der Waals surface area contributed by atoms with E-state index in [9.17, 15) is 9.59 Å². The van der Waals surface area contributed by atoms with E-state index in [1.807, 2.05) is 26.0 Å². The Bertz CT molecular complexity index is 848. The van der Waals surface area contributed by atoms with Crippen LogP contribution in [0.4, 0.5) is 0 Å². The van der Waals surface area contributed by atoms with Gasteiger partial charge in [0, 0.05) is 0 Å². The van der Waals surface area contributed by atoms with Gasteiger partial charge in [-0.3, -0.25) is 9.78 Å². The van der Waals surface area contributed by atoms with Crippen LogP contribution in [0.3, 0.4) is 0 Å². The summed E-state index contributed by atoms with van der Waals surface area (Å²) in [4.78, 5) is 46.4. The molecule has 1 fully saturated rings. The first-order chi connectivity index (χ1) is 14.2. The molecule has 30 heavy (non-hydrogen) atoms. The van der Waals surface area contributed by atoms with Gasteiger partial charge in [-0.05, 0) is 64.8 Å². The van der Waals surface area contributed by atoms with Gasteiger partial charge in [0.2, 0.25) is 0 Å². The summed E-state index contributed by atoms with van der Waals surface area (Å²) in [5.41, 5.74) is 0.759. The summed E-state index contributed by atoms with van der Waals surface area (Å²) in [6, 6.07) is 14.2. The number of hydrogen-bond acceptors (Lipinski definition) is 6. The molecule has 2 atom stereocenters. The highest BCUT2D eigenvalue weighted by molar-refractivity contribution is 5.89. The zero-order valence-electron chi connectivity index (χ0n) is 17.9. The highest BCUT2D eigenvalue weighted by atomic mass is 17.2. The molecule has 0 radical (unpaired) electrons. The zero-order chi connectivity index (χ0) is 21.8. The molecular formula is C24H28O6. The molecule has 0 saturated heterocycles. The van der Waals surface area contributed by atoms with Gasteiger partial charge in [-0.15, -0.1) is 0 Å². The van der Waals surface area contributed by atoms with E-state index in [0.717, 1.165) is 24.0 Å². The molecule has 1 aliphatic rings. The molecule has 0 spiro atoms. The van der Waals surface area contributed by atoms with Crippen molar-refractivity contribution in [3.63, 3.8) is 0 Å². The van der Waals surface area contributed by atoms with Crippen molar-refractivity contribution in [2.45, 2.75) is 64.6 Å². The van der Waals surface area contributed by atoms with Crippen LogP contribution in [0.1, 0.15) is 71.4 Å². The van der Waals surface area contributed by atoms with Crippen LogP contribution in [0.2, 0.25) is 0 Å². The van der Waals surface area contributed by atoms with Crippen molar-refractivity contribution in [1.82, 2.24) is 0 Å². The first-order valence-corrected chi connectivity index (χ1v) is 10.2. The monoisotopic (exact) mass is 412 g/mol. The van der Waals surface area contributed by atoms with Gasteiger partial charge in [0.05, 0.1) is 11.1 Å². The maximum absolute atomic E-state index is 12.4. The third-order valence-electron chi connectivity index (χ3n) is 5.79. The maximum Gasteiger partial charge on any atom is 0.373 e. The van der Waals surface area contributed by atoms with Gasteiger partial charge >= 0.3 is 11.9 Å². The predicted octanol–water partition coefficient (Wildman–Crippen LogP) is 5.27. The molecule has 0 N–H and O–H groups in total. The largest absolute Gasteiger partial charge is 0.373 e. The minimum atomic E-state index is -0.975. The molecule has 2 aromatic rings. The molecule has 2 aromatic carbocycles. The molecule has 0 heterocycles. The van der Waals surface area contributed by atoms with Crippen LogP contribution in [0.15, 0.2) is 48.5 Å². The SMILES string of the molecule is Cc1cccc(C(=O)OOC2(C)CCCCC2(C)OOC(=O)c2cccc(C)c2)c1. The first kappa shape index (κ1) is 22.0. The Balaban J connectivity index is 1.67. The van der Waals surface area contributed by atoms with E-state index in [0.29, 0.717) is 24.0 Å². The second-order valence-corrected chi connectivity index (χ2v) is 8.32. The van der Waals surface area contributed by atoms with Crippen molar-refractivity contribution in [1.29, 1.82) is 0 Å². The standard InChI is InChI=1S/C24H28O6/c1-17-9-7-11-19(15-17)21(25)27-29-23(3)13-5-6-14-24(23,4)30-28-22(26)20-12-8-10-18(2)16-20/h7-12,15-16H,5-6,13-14H2,1-4H3. The molecule has 0 bridgehead atoms. The van der Waals surface area contributed by atoms with Crippen LogP contribution in [0, 0.1) is 13.8 Å². The van der Waals surface area contributed by atoms with E-state index in [2.05, 4.69) is 0 Å². The number of carbonyl (C=O) groups excluding carboxylic acids is 2. The summed E-state index contributed by atoms with van der Waals surface area (Å²) >= 11 is 0. The van der Waals surface area contributed by atoms with Gasteiger partial charge in [-0.25, -0.2) is 9.59 Å². The quantitative estimate of drug-likeness (QED) is 0.475. The summed E-state index contributed by atoms with van der Waals surface area (Å²) in [6.07, 6.45) is 2.94. The molecule has 0 aromatic heterocycles. The van der Waals surface area contributed by atoms with Crippen LogP contribution in [-0.4, -0.2) is 23.1 Å². The lowest BCUT2D eigenvalue weighted by Crippen LogP contribution is -2.56. The Morgan fingerprint density at radius 3 is 1.50 bits per heavy atom. The molecule has 6 heteroatoms. The molecule has 0 amide bonds. The minimum Gasteiger partial charge on any atom is -0.292 e. The Kier molecular flexibility index (Phi) is 6.58. The van der Waals surface area contributed by atoms with Crippen LogP contribution in [0.5, 0.6) is 0 Å². The average molecular weight is 412 g/mol. The smallest absolute Gasteiger partial charge is 0.292 e. The highest BCUT2D eigenvalue weighted by Gasteiger charge is 2.53. The Hall–Kier alpha value is -2.70. The van der Waals surface area contributed by atoms with E-state index in [4.69, 9.17) is 19.6 Å². The van der Waals surface area contributed by atoms with Gasteiger partial charge in [0.15, 0.2) is 0 Å². The third-order valence-corrected chi connectivity index (χ3v) is 5.79. The normalized spacial score (nSPS) is 23.6.